The van der Waals surface area contributed by atoms with E-state index in [0.717, 1.165) is 12.0 Å². The van der Waals surface area contributed by atoms with Crippen LogP contribution in [-0.2, 0) is 21.5 Å². The van der Waals surface area contributed by atoms with E-state index in [-0.39, 0.29) is 5.97 Å². The molecular formula is C13H19NO2. The summed E-state index contributed by atoms with van der Waals surface area (Å²) in [7, 11) is 0. The third-order valence-electron chi connectivity index (χ3n) is 2.66. The Kier molecular flexibility index (Phi) is 4.07. The third kappa shape index (κ3) is 2.61. The number of carbonyl (C=O) groups is 1. The number of carbonyl (C=O) groups excluding carboxylic acids is 1. The van der Waals surface area contributed by atoms with Crippen molar-refractivity contribution < 1.29 is 9.53 Å². The molecule has 1 aromatic rings. The summed E-state index contributed by atoms with van der Waals surface area (Å²) in [5.41, 5.74) is 6.92. The van der Waals surface area contributed by atoms with Crippen molar-refractivity contribution in [3.05, 3.63) is 35.4 Å². The molecule has 1 atom stereocenters. The minimum absolute atomic E-state index is 0.346. The topological polar surface area (TPSA) is 52.3 Å². The Labute approximate surface area is 96.6 Å². The van der Waals surface area contributed by atoms with Crippen LogP contribution in [0.4, 0.5) is 0 Å². The van der Waals surface area contributed by atoms with Crippen molar-refractivity contribution in [3.8, 4) is 0 Å². The standard InChI is InChI=1S/C13H19NO2/c1-4-10-6-8-11(9-7-10)13(3,14)12(15)16-5-2/h6-9H,4-5,14H2,1-3H3. The van der Waals surface area contributed by atoms with Gasteiger partial charge in [-0.2, -0.15) is 0 Å². The fraction of sp³-hybridized carbons (Fsp3) is 0.462. The number of ether oxygens (including phenoxy) is 1. The van der Waals surface area contributed by atoms with Gasteiger partial charge in [-0.15, -0.1) is 0 Å². The Balaban J connectivity index is 2.93. The first-order valence-corrected chi connectivity index (χ1v) is 5.57. The van der Waals surface area contributed by atoms with E-state index in [1.807, 2.05) is 24.3 Å². The van der Waals surface area contributed by atoms with Gasteiger partial charge >= 0.3 is 5.97 Å². The Morgan fingerprint density at radius 1 is 1.31 bits per heavy atom. The number of rotatable bonds is 4. The largest absolute Gasteiger partial charge is 0.464 e. The van der Waals surface area contributed by atoms with Crippen LogP contribution in [0, 0.1) is 0 Å². The number of hydrogen-bond donors (Lipinski definition) is 1. The molecule has 3 nitrogen and oxygen atoms in total. The van der Waals surface area contributed by atoms with Crippen molar-refractivity contribution in [3.63, 3.8) is 0 Å². The number of benzene rings is 1. The van der Waals surface area contributed by atoms with Crippen LogP contribution in [0.5, 0.6) is 0 Å². The molecule has 3 heteroatoms. The minimum atomic E-state index is -1.07. The van der Waals surface area contributed by atoms with E-state index in [1.165, 1.54) is 5.56 Å². The Morgan fingerprint density at radius 3 is 2.31 bits per heavy atom. The summed E-state index contributed by atoms with van der Waals surface area (Å²) in [5, 5.41) is 0. The summed E-state index contributed by atoms with van der Waals surface area (Å²) in [6.45, 7) is 5.88. The van der Waals surface area contributed by atoms with Crippen LogP contribution in [0.25, 0.3) is 0 Å². The molecule has 0 aliphatic rings. The van der Waals surface area contributed by atoms with Crippen LogP contribution < -0.4 is 5.73 Å². The van der Waals surface area contributed by atoms with Gasteiger partial charge in [0.15, 0.2) is 0 Å². The van der Waals surface area contributed by atoms with Gasteiger partial charge in [0.25, 0.3) is 0 Å². The van der Waals surface area contributed by atoms with Gasteiger partial charge in [0, 0.05) is 0 Å². The molecule has 0 saturated carbocycles. The highest BCUT2D eigenvalue weighted by molar-refractivity contribution is 5.81. The fourth-order valence-electron chi connectivity index (χ4n) is 1.49. The van der Waals surface area contributed by atoms with Gasteiger partial charge in [0.2, 0.25) is 0 Å². The van der Waals surface area contributed by atoms with Crippen LogP contribution in [0.15, 0.2) is 24.3 Å². The van der Waals surface area contributed by atoms with E-state index in [2.05, 4.69) is 6.92 Å². The first-order chi connectivity index (χ1) is 7.52. The molecule has 1 unspecified atom stereocenters. The normalized spacial score (nSPS) is 14.2. The second kappa shape index (κ2) is 5.12. The molecular weight excluding hydrogens is 202 g/mol. The Bertz CT molecular complexity index is 355. The van der Waals surface area contributed by atoms with E-state index in [9.17, 15) is 4.79 Å². The maximum absolute atomic E-state index is 11.7. The summed E-state index contributed by atoms with van der Waals surface area (Å²) in [4.78, 5) is 11.7. The molecule has 16 heavy (non-hydrogen) atoms. The van der Waals surface area contributed by atoms with Gasteiger partial charge < -0.3 is 10.5 Å². The van der Waals surface area contributed by atoms with Crippen LogP contribution in [-0.4, -0.2) is 12.6 Å². The smallest absolute Gasteiger partial charge is 0.330 e. The molecule has 1 aromatic carbocycles. The summed E-state index contributed by atoms with van der Waals surface area (Å²) in [6.07, 6.45) is 0.973. The monoisotopic (exact) mass is 221 g/mol. The van der Waals surface area contributed by atoms with Gasteiger partial charge in [-0.05, 0) is 31.4 Å². The average Bonchev–Trinajstić information content (AvgIpc) is 2.29. The zero-order valence-electron chi connectivity index (χ0n) is 10.1. The number of nitrogens with two attached hydrogens (primary N) is 1. The first-order valence-electron chi connectivity index (χ1n) is 5.57. The zero-order chi connectivity index (χ0) is 12.2. The molecule has 0 radical (unpaired) electrons. The van der Waals surface area contributed by atoms with Crippen molar-refractivity contribution in [1.29, 1.82) is 0 Å². The molecule has 0 heterocycles. The molecule has 1 rings (SSSR count). The van der Waals surface area contributed by atoms with Gasteiger partial charge in [-0.25, -0.2) is 4.79 Å². The molecule has 0 aliphatic carbocycles. The molecule has 0 amide bonds. The van der Waals surface area contributed by atoms with Crippen molar-refractivity contribution in [2.45, 2.75) is 32.7 Å². The van der Waals surface area contributed by atoms with Crippen LogP contribution in [0.1, 0.15) is 31.9 Å². The van der Waals surface area contributed by atoms with E-state index in [1.54, 1.807) is 13.8 Å². The van der Waals surface area contributed by atoms with E-state index >= 15 is 0 Å². The second-order valence-corrected chi connectivity index (χ2v) is 3.97. The molecule has 0 fully saturated rings. The summed E-state index contributed by atoms with van der Waals surface area (Å²) in [5.74, 6) is -0.390. The highest BCUT2D eigenvalue weighted by Gasteiger charge is 2.31. The van der Waals surface area contributed by atoms with Crippen LogP contribution in [0.2, 0.25) is 0 Å². The van der Waals surface area contributed by atoms with Crippen LogP contribution in [0.3, 0.4) is 0 Å². The van der Waals surface area contributed by atoms with Crippen molar-refractivity contribution in [2.24, 2.45) is 5.73 Å². The summed E-state index contributed by atoms with van der Waals surface area (Å²) < 4.78 is 4.95. The lowest BCUT2D eigenvalue weighted by Gasteiger charge is -2.22. The van der Waals surface area contributed by atoms with E-state index < -0.39 is 5.54 Å². The highest BCUT2D eigenvalue weighted by Crippen LogP contribution is 2.20. The van der Waals surface area contributed by atoms with Gasteiger partial charge in [-0.1, -0.05) is 31.2 Å². The molecule has 0 bridgehead atoms. The highest BCUT2D eigenvalue weighted by atomic mass is 16.5. The van der Waals surface area contributed by atoms with E-state index in [4.69, 9.17) is 10.5 Å². The maximum Gasteiger partial charge on any atom is 0.330 e. The molecule has 0 aromatic heterocycles. The molecule has 88 valence electrons. The Morgan fingerprint density at radius 2 is 1.88 bits per heavy atom. The summed E-state index contributed by atoms with van der Waals surface area (Å²) in [6, 6.07) is 7.74. The maximum atomic E-state index is 11.7. The van der Waals surface area contributed by atoms with Gasteiger partial charge in [0.05, 0.1) is 6.61 Å². The fourth-order valence-corrected chi connectivity index (χ4v) is 1.49. The predicted octanol–water partition coefficient (Wildman–Crippen LogP) is 1.99. The molecule has 0 saturated heterocycles. The van der Waals surface area contributed by atoms with E-state index in [0.29, 0.717) is 6.61 Å². The lowest BCUT2D eigenvalue weighted by molar-refractivity contribution is -0.149. The van der Waals surface area contributed by atoms with Gasteiger partial charge in [0.1, 0.15) is 5.54 Å². The Hall–Kier alpha value is -1.35. The van der Waals surface area contributed by atoms with Crippen molar-refractivity contribution in [2.75, 3.05) is 6.61 Å². The third-order valence-corrected chi connectivity index (χ3v) is 2.66. The zero-order valence-corrected chi connectivity index (χ0v) is 10.1. The predicted molar refractivity (Wildman–Crippen MR) is 64.0 cm³/mol. The minimum Gasteiger partial charge on any atom is -0.464 e. The summed E-state index contributed by atoms with van der Waals surface area (Å²) >= 11 is 0. The first kappa shape index (κ1) is 12.7. The average molecular weight is 221 g/mol. The number of hydrogen-bond acceptors (Lipinski definition) is 3. The van der Waals surface area contributed by atoms with Gasteiger partial charge in [-0.3, -0.25) is 0 Å². The lowest BCUT2D eigenvalue weighted by atomic mass is 9.92. The number of aryl methyl sites for hydroxylation is 1. The SMILES string of the molecule is CCOC(=O)C(C)(N)c1ccc(CC)cc1. The molecule has 0 aliphatic heterocycles. The quantitative estimate of drug-likeness (QED) is 0.791. The van der Waals surface area contributed by atoms with Crippen LogP contribution >= 0.6 is 0 Å². The van der Waals surface area contributed by atoms with Crippen molar-refractivity contribution in [1.82, 2.24) is 0 Å². The molecule has 2 N–H and O–H groups in total. The number of esters is 1. The van der Waals surface area contributed by atoms with Crippen molar-refractivity contribution >= 4 is 5.97 Å². The lowest BCUT2D eigenvalue weighted by Crippen LogP contribution is -2.43. The second-order valence-electron chi connectivity index (χ2n) is 3.97. The molecule has 0 spiro atoms.